The number of pyridine rings is 1. The van der Waals surface area contributed by atoms with Gasteiger partial charge in [-0.25, -0.2) is 0 Å². The lowest BCUT2D eigenvalue weighted by Gasteiger charge is -2.40. The number of amides is 1. The number of nitrogens with one attached hydrogen (secondary N) is 1. The lowest BCUT2D eigenvalue weighted by molar-refractivity contribution is -0.127. The van der Waals surface area contributed by atoms with Crippen LogP contribution in [0.4, 0.5) is 11.4 Å². The molecule has 0 spiro atoms. The number of nitrogens with two attached hydrogens (primary N) is 2. The van der Waals surface area contributed by atoms with Crippen LogP contribution in [0.15, 0.2) is 54.7 Å². The zero-order valence-corrected chi connectivity index (χ0v) is 18.4. The summed E-state index contributed by atoms with van der Waals surface area (Å²) in [5.41, 5.74) is 16.1. The third-order valence-electron chi connectivity index (χ3n) is 6.84. The van der Waals surface area contributed by atoms with Crippen LogP contribution in [0.3, 0.4) is 0 Å². The minimum atomic E-state index is -0.700. The molecule has 1 saturated carbocycles. The first-order valence-corrected chi connectivity index (χ1v) is 11.2. The molecule has 3 aromatic rings. The predicted molar refractivity (Wildman–Crippen MR) is 129 cm³/mol. The van der Waals surface area contributed by atoms with Gasteiger partial charge in [-0.2, -0.15) is 0 Å². The van der Waals surface area contributed by atoms with Gasteiger partial charge in [0.2, 0.25) is 5.91 Å². The number of benzene rings is 2. The molecule has 1 heterocycles. The Morgan fingerprint density at radius 3 is 2.45 bits per heavy atom. The van der Waals surface area contributed by atoms with Crippen molar-refractivity contribution in [2.45, 2.75) is 52.0 Å². The Morgan fingerprint density at radius 2 is 1.77 bits per heavy atom. The van der Waals surface area contributed by atoms with E-state index in [0.717, 1.165) is 40.6 Å². The number of nitrogens with zero attached hydrogens (tertiary/aromatic N) is 1. The van der Waals surface area contributed by atoms with Crippen LogP contribution in [0.25, 0.3) is 22.0 Å². The first-order chi connectivity index (χ1) is 14.9. The van der Waals surface area contributed by atoms with Gasteiger partial charge in [-0.3, -0.25) is 9.78 Å². The number of carbonyl (C=O) groups excluding carboxylic acids is 1. The summed E-state index contributed by atoms with van der Waals surface area (Å²) in [6, 6.07) is 16.4. The van der Waals surface area contributed by atoms with Gasteiger partial charge >= 0.3 is 0 Å². The van der Waals surface area contributed by atoms with Gasteiger partial charge in [0.05, 0.1) is 28.5 Å². The van der Waals surface area contributed by atoms with Crippen LogP contribution >= 0.6 is 0 Å². The maximum absolute atomic E-state index is 12.4. The molecule has 0 saturated heterocycles. The zero-order valence-electron chi connectivity index (χ0n) is 18.4. The Kier molecular flexibility index (Phi) is 5.86. The fraction of sp³-hybridized carbons (Fsp3) is 0.385. The second-order valence-corrected chi connectivity index (χ2v) is 9.29. The maximum Gasteiger partial charge on any atom is 0.225 e. The van der Waals surface area contributed by atoms with Crippen molar-refractivity contribution in [2.24, 2.45) is 17.1 Å². The molecule has 0 bridgehead atoms. The number of nitrogen functional groups attached to an aromatic ring is 1. The summed E-state index contributed by atoms with van der Waals surface area (Å²) in [6.45, 7) is 3.88. The molecule has 1 atom stereocenters. The Hall–Kier alpha value is -3.08. The topological polar surface area (TPSA) is 94.0 Å². The van der Waals surface area contributed by atoms with E-state index in [1.165, 1.54) is 19.3 Å². The highest BCUT2D eigenvalue weighted by molar-refractivity contribution is 5.99. The molecule has 5 N–H and O–H groups in total. The van der Waals surface area contributed by atoms with Gasteiger partial charge in [0.1, 0.15) is 0 Å². The number of hydrogen-bond donors (Lipinski definition) is 3. The normalized spacial score (nSPS) is 16.2. The largest absolute Gasteiger partial charge is 0.396 e. The molecular weight excluding hydrogens is 384 g/mol. The maximum atomic E-state index is 12.4. The van der Waals surface area contributed by atoms with E-state index in [0.29, 0.717) is 11.6 Å². The monoisotopic (exact) mass is 416 g/mol. The third kappa shape index (κ3) is 4.22. The molecule has 1 aliphatic rings. The van der Waals surface area contributed by atoms with E-state index in [2.05, 4.69) is 40.6 Å². The number of primary amides is 1. The second kappa shape index (κ2) is 8.58. The van der Waals surface area contributed by atoms with Crippen molar-refractivity contribution in [3.05, 3.63) is 54.7 Å². The minimum absolute atomic E-state index is 0.0907. The molecule has 0 radical (unpaired) electrons. The third-order valence-corrected chi connectivity index (χ3v) is 6.84. The first-order valence-electron chi connectivity index (χ1n) is 11.2. The lowest BCUT2D eigenvalue weighted by atomic mass is 9.71. The van der Waals surface area contributed by atoms with Crippen molar-refractivity contribution >= 4 is 28.2 Å². The molecule has 1 fully saturated rings. The molecule has 5 nitrogen and oxygen atoms in total. The van der Waals surface area contributed by atoms with E-state index in [9.17, 15) is 4.79 Å². The second-order valence-electron chi connectivity index (χ2n) is 9.29. The van der Waals surface area contributed by atoms with Crippen molar-refractivity contribution < 1.29 is 4.79 Å². The van der Waals surface area contributed by atoms with Crippen molar-refractivity contribution in [3.63, 3.8) is 0 Å². The van der Waals surface area contributed by atoms with Crippen LogP contribution in [-0.4, -0.2) is 16.9 Å². The number of hydrogen-bond acceptors (Lipinski definition) is 4. The van der Waals surface area contributed by atoms with Gasteiger partial charge < -0.3 is 16.8 Å². The summed E-state index contributed by atoms with van der Waals surface area (Å²) in [6.07, 6.45) is 7.51. The summed E-state index contributed by atoms with van der Waals surface area (Å²) in [7, 11) is 0. The molecular formula is C26H32N4O. The molecule has 162 valence electrons. The summed E-state index contributed by atoms with van der Waals surface area (Å²) in [4.78, 5) is 17.0. The molecule has 0 aliphatic heterocycles. The van der Waals surface area contributed by atoms with E-state index in [4.69, 9.17) is 11.5 Å². The van der Waals surface area contributed by atoms with Crippen molar-refractivity contribution in [3.8, 4) is 11.1 Å². The van der Waals surface area contributed by atoms with Crippen LogP contribution < -0.4 is 16.8 Å². The van der Waals surface area contributed by atoms with Gasteiger partial charge in [-0.05, 0) is 49.8 Å². The van der Waals surface area contributed by atoms with Crippen LogP contribution in [0.5, 0.6) is 0 Å². The summed E-state index contributed by atoms with van der Waals surface area (Å²) in [5.74, 6) is 0.0846. The number of aromatic nitrogens is 1. The zero-order chi connectivity index (χ0) is 22.0. The van der Waals surface area contributed by atoms with Gasteiger partial charge in [-0.1, -0.05) is 61.7 Å². The first kappa shape index (κ1) is 21.2. The molecule has 1 aromatic heterocycles. The number of fused-ring (bicyclic) bond motifs is 1. The number of anilines is 2. The molecule has 31 heavy (non-hydrogen) atoms. The van der Waals surface area contributed by atoms with Crippen molar-refractivity contribution in [1.29, 1.82) is 0 Å². The van der Waals surface area contributed by atoms with Crippen molar-refractivity contribution in [2.75, 3.05) is 11.1 Å². The van der Waals surface area contributed by atoms with E-state index in [1.807, 2.05) is 32.0 Å². The van der Waals surface area contributed by atoms with Crippen molar-refractivity contribution in [1.82, 2.24) is 4.98 Å². The highest BCUT2D eigenvalue weighted by Gasteiger charge is 2.40. The van der Waals surface area contributed by atoms with Crippen LogP contribution in [-0.2, 0) is 4.79 Å². The lowest BCUT2D eigenvalue weighted by Crippen LogP contribution is -2.50. The summed E-state index contributed by atoms with van der Waals surface area (Å²) >= 11 is 0. The Balaban J connectivity index is 1.76. The van der Waals surface area contributed by atoms with Crippen LogP contribution in [0.2, 0.25) is 0 Å². The Morgan fingerprint density at radius 1 is 1.06 bits per heavy atom. The minimum Gasteiger partial charge on any atom is -0.396 e. The van der Waals surface area contributed by atoms with Gasteiger partial charge in [0.25, 0.3) is 0 Å². The quantitative estimate of drug-likeness (QED) is 0.504. The van der Waals surface area contributed by atoms with Gasteiger partial charge in [-0.15, -0.1) is 0 Å². The fourth-order valence-electron chi connectivity index (χ4n) is 4.84. The van der Waals surface area contributed by atoms with E-state index < -0.39 is 5.41 Å². The molecule has 2 aromatic carbocycles. The smallest absolute Gasteiger partial charge is 0.225 e. The molecule has 4 rings (SSSR count). The Labute approximate surface area is 184 Å². The van der Waals surface area contributed by atoms with Crippen LogP contribution in [0, 0.1) is 11.3 Å². The summed E-state index contributed by atoms with van der Waals surface area (Å²) < 4.78 is 0. The van der Waals surface area contributed by atoms with E-state index in [-0.39, 0.29) is 11.9 Å². The molecule has 1 aliphatic carbocycles. The average molecular weight is 417 g/mol. The standard InChI is InChI=1S/C26H32N4O/c1-26(2,25(28)31)24(18-11-7-4-8-12-18)30-23-20-14-13-19(17-9-5-3-6-10-17)15-22(20)29-16-21(23)27/h3,5-6,9-10,13-16,18,24H,4,7-8,11-12,27H2,1-2H3,(H2,28,31)(H,29,30). The van der Waals surface area contributed by atoms with Gasteiger partial charge in [0.15, 0.2) is 0 Å². The molecule has 1 unspecified atom stereocenters. The highest BCUT2D eigenvalue weighted by atomic mass is 16.1. The molecule has 1 amide bonds. The fourth-order valence-corrected chi connectivity index (χ4v) is 4.84. The van der Waals surface area contributed by atoms with E-state index in [1.54, 1.807) is 6.20 Å². The van der Waals surface area contributed by atoms with Crippen LogP contribution in [0.1, 0.15) is 46.0 Å². The van der Waals surface area contributed by atoms with E-state index >= 15 is 0 Å². The number of rotatable bonds is 6. The number of carbonyl (C=O) groups is 1. The predicted octanol–water partition coefficient (Wildman–Crippen LogP) is 5.36. The average Bonchev–Trinajstić information content (AvgIpc) is 2.79. The van der Waals surface area contributed by atoms with Gasteiger partial charge in [0, 0.05) is 11.4 Å². The SMILES string of the molecule is CC(C)(C(N)=O)C(Nc1c(N)cnc2cc(-c3ccccc3)ccc12)C1CCCCC1. The highest BCUT2D eigenvalue weighted by Crippen LogP contribution is 2.40. The summed E-state index contributed by atoms with van der Waals surface area (Å²) in [5, 5.41) is 4.63. The molecule has 5 heteroatoms. The Bertz CT molecular complexity index is 1070.